The normalized spacial score (nSPS) is 19.7. The Balaban J connectivity index is 1.90. The molecule has 1 N–H and O–H groups in total. The highest BCUT2D eigenvalue weighted by atomic mass is 19.2. The van der Waals surface area contributed by atoms with Crippen molar-refractivity contribution in [3.05, 3.63) is 59.7 Å². The Bertz CT molecular complexity index is 855. The second-order valence-corrected chi connectivity index (χ2v) is 6.50. The highest BCUT2D eigenvalue weighted by Gasteiger charge is 2.41. The minimum absolute atomic E-state index is 0.283. The van der Waals surface area contributed by atoms with Gasteiger partial charge in [-0.1, -0.05) is 18.2 Å². The summed E-state index contributed by atoms with van der Waals surface area (Å²) < 4.78 is 32.5. The zero-order chi connectivity index (χ0) is 19.6. The third-order valence-corrected chi connectivity index (χ3v) is 4.86. The second kappa shape index (κ2) is 7.73. The van der Waals surface area contributed by atoms with Gasteiger partial charge in [0.25, 0.3) is 0 Å². The molecule has 5 nitrogen and oxygen atoms in total. The van der Waals surface area contributed by atoms with Crippen molar-refractivity contribution in [2.75, 3.05) is 26.0 Å². The van der Waals surface area contributed by atoms with E-state index in [0.29, 0.717) is 18.7 Å². The molecule has 1 fully saturated rings. The van der Waals surface area contributed by atoms with Crippen LogP contribution < -0.4 is 10.1 Å². The number of benzene rings is 2. The first-order valence-electron chi connectivity index (χ1n) is 8.56. The molecule has 3 rings (SSSR count). The SMILES string of the molecule is COc1ccc([C@H]2CCN(C)C(=O)[C@@H]2C(=O)Nc2cccc(F)c2F)cc1. The number of carbonyl (C=O) groups is 2. The third kappa shape index (κ3) is 3.77. The molecule has 27 heavy (non-hydrogen) atoms. The maximum absolute atomic E-state index is 13.9. The zero-order valence-corrected chi connectivity index (χ0v) is 15.0. The van der Waals surface area contributed by atoms with Crippen LogP contribution >= 0.6 is 0 Å². The molecule has 7 heteroatoms. The van der Waals surface area contributed by atoms with Gasteiger partial charge in [0.05, 0.1) is 12.8 Å². The number of methoxy groups -OCH3 is 1. The molecule has 0 aliphatic carbocycles. The van der Waals surface area contributed by atoms with Gasteiger partial charge in [-0.15, -0.1) is 0 Å². The molecule has 1 heterocycles. The van der Waals surface area contributed by atoms with E-state index in [9.17, 15) is 18.4 Å². The molecule has 2 aromatic carbocycles. The van der Waals surface area contributed by atoms with Gasteiger partial charge in [0.2, 0.25) is 11.8 Å². The lowest BCUT2D eigenvalue weighted by molar-refractivity contribution is -0.143. The molecule has 0 radical (unpaired) electrons. The summed E-state index contributed by atoms with van der Waals surface area (Å²) in [6.45, 7) is 0.508. The Morgan fingerprint density at radius 2 is 1.89 bits per heavy atom. The predicted octanol–water partition coefficient (Wildman–Crippen LogP) is 3.17. The van der Waals surface area contributed by atoms with Crippen molar-refractivity contribution >= 4 is 17.5 Å². The average molecular weight is 374 g/mol. The lowest BCUT2D eigenvalue weighted by Gasteiger charge is -2.35. The van der Waals surface area contributed by atoms with Crippen molar-refractivity contribution in [1.29, 1.82) is 0 Å². The number of carbonyl (C=O) groups excluding carboxylic acids is 2. The second-order valence-electron chi connectivity index (χ2n) is 6.50. The van der Waals surface area contributed by atoms with Crippen molar-refractivity contribution < 1.29 is 23.1 Å². The largest absolute Gasteiger partial charge is 0.497 e. The van der Waals surface area contributed by atoms with E-state index in [4.69, 9.17) is 4.74 Å². The number of hydrogen-bond donors (Lipinski definition) is 1. The fourth-order valence-corrected chi connectivity index (χ4v) is 3.34. The van der Waals surface area contributed by atoms with E-state index in [1.54, 1.807) is 26.3 Å². The molecular formula is C20H20F2N2O3. The summed E-state index contributed by atoms with van der Waals surface area (Å²) in [5, 5.41) is 2.37. The summed E-state index contributed by atoms with van der Waals surface area (Å²) in [4.78, 5) is 27.0. The maximum atomic E-state index is 13.9. The fourth-order valence-electron chi connectivity index (χ4n) is 3.34. The van der Waals surface area contributed by atoms with Gasteiger partial charge < -0.3 is 15.0 Å². The first-order valence-corrected chi connectivity index (χ1v) is 8.56. The first kappa shape index (κ1) is 18.8. The van der Waals surface area contributed by atoms with Crippen LogP contribution in [0.5, 0.6) is 5.75 Å². The van der Waals surface area contributed by atoms with Crippen molar-refractivity contribution in [2.24, 2.45) is 5.92 Å². The Morgan fingerprint density at radius 1 is 1.19 bits per heavy atom. The topological polar surface area (TPSA) is 58.6 Å². The summed E-state index contributed by atoms with van der Waals surface area (Å²) >= 11 is 0. The summed E-state index contributed by atoms with van der Waals surface area (Å²) in [6.07, 6.45) is 0.582. The molecule has 0 aromatic heterocycles. The van der Waals surface area contributed by atoms with E-state index in [1.807, 2.05) is 12.1 Å². The quantitative estimate of drug-likeness (QED) is 0.837. The number of nitrogens with zero attached hydrogens (tertiary/aromatic N) is 1. The van der Waals surface area contributed by atoms with Crippen molar-refractivity contribution in [3.63, 3.8) is 0 Å². The number of hydrogen-bond acceptors (Lipinski definition) is 3. The molecule has 0 saturated carbocycles. The molecular weight excluding hydrogens is 354 g/mol. The van der Waals surface area contributed by atoms with Crippen LogP contribution in [-0.2, 0) is 9.59 Å². The van der Waals surface area contributed by atoms with Gasteiger partial charge in [-0.05, 0) is 36.2 Å². The minimum atomic E-state index is -1.15. The van der Waals surface area contributed by atoms with E-state index in [-0.39, 0.29) is 17.5 Å². The van der Waals surface area contributed by atoms with Gasteiger partial charge in [0.15, 0.2) is 11.6 Å². The van der Waals surface area contributed by atoms with Gasteiger partial charge >= 0.3 is 0 Å². The highest BCUT2D eigenvalue weighted by Crippen LogP contribution is 2.35. The standard InChI is InChI=1S/C20H20F2N2O3/c1-24-11-10-14(12-6-8-13(27-2)9-7-12)17(20(24)26)19(25)23-16-5-3-4-15(21)18(16)22/h3-9,14,17H,10-11H2,1-2H3,(H,23,25)/t14-,17+/m1/s1. The van der Waals surface area contributed by atoms with Crippen LogP contribution in [0, 0.1) is 17.6 Å². The van der Waals surface area contributed by atoms with Gasteiger partial charge in [0, 0.05) is 19.5 Å². The third-order valence-electron chi connectivity index (χ3n) is 4.86. The van der Waals surface area contributed by atoms with Crippen molar-refractivity contribution in [3.8, 4) is 5.75 Å². The molecule has 1 saturated heterocycles. The van der Waals surface area contributed by atoms with Gasteiger partial charge in [-0.3, -0.25) is 9.59 Å². The molecule has 2 aromatic rings. The molecule has 142 valence electrons. The van der Waals surface area contributed by atoms with Crippen LogP contribution in [-0.4, -0.2) is 37.4 Å². The van der Waals surface area contributed by atoms with E-state index in [2.05, 4.69) is 5.32 Å². The summed E-state index contributed by atoms with van der Waals surface area (Å²) in [7, 11) is 3.17. The summed E-state index contributed by atoms with van der Waals surface area (Å²) in [5.74, 6) is -3.94. The Morgan fingerprint density at radius 3 is 2.56 bits per heavy atom. The van der Waals surface area contributed by atoms with E-state index in [0.717, 1.165) is 11.6 Å². The lowest BCUT2D eigenvalue weighted by atomic mass is 9.79. The molecule has 0 unspecified atom stereocenters. The van der Waals surface area contributed by atoms with E-state index >= 15 is 0 Å². The number of halogens is 2. The van der Waals surface area contributed by atoms with E-state index < -0.39 is 23.5 Å². The Kier molecular flexibility index (Phi) is 5.39. The monoisotopic (exact) mass is 374 g/mol. The van der Waals surface area contributed by atoms with Crippen LogP contribution in [0.15, 0.2) is 42.5 Å². The summed E-state index contributed by atoms with van der Waals surface area (Å²) in [6, 6.07) is 10.7. The van der Waals surface area contributed by atoms with Crippen LogP contribution in [0.3, 0.4) is 0 Å². The van der Waals surface area contributed by atoms with Gasteiger partial charge in [-0.2, -0.15) is 0 Å². The molecule has 1 aliphatic rings. The van der Waals surface area contributed by atoms with Crippen LogP contribution in [0.1, 0.15) is 17.9 Å². The van der Waals surface area contributed by atoms with E-state index in [1.165, 1.54) is 17.0 Å². The van der Waals surface area contributed by atoms with Gasteiger partial charge in [0.1, 0.15) is 11.7 Å². The Hall–Kier alpha value is -2.96. The molecule has 2 atom stereocenters. The molecule has 1 aliphatic heterocycles. The number of anilines is 1. The zero-order valence-electron chi connectivity index (χ0n) is 15.0. The van der Waals surface area contributed by atoms with Crippen molar-refractivity contribution in [1.82, 2.24) is 4.90 Å². The highest BCUT2D eigenvalue weighted by molar-refractivity contribution is 6.07. The van der Waals surface area contributed by atoms with Crippen LogP contribution in [0.2, 0.25) is 0 Å². The lowest BCUT2D eigenvalue weighted by Crippen LogP contribution is -2.47. The van der Waals surface area contributed by atoms with Crippen molar-refractivity contribution in [2.45, 2.75) is 12.3 Å². The number of piperidine rings is 1. The van der Waals surface area contributed by atoms with Gasteiger partial charge in [-0.25, -0.2) is 8.78 Å². The fraction of sp³-hybridized carbons (Fsp3) is 0.300. The Labute approximate surface area is 155 Å². The number of nitrogens with one attached hydrogen (secondary N) is 1. The molecule has 0 bridgehead atoms. The summed E-state index contributed by atoms with van der Waals surface area (Å²) in [5.41, 5.74) is 0.534. The first-order chi connectivity index (χ1) is 12.9. The minimum Gasteiger partial charge on any atom is -0.497 e. The number of likely N-dealkylation sites (tertiary alicyclic amines) is 1. The average Bonchev–Trinajstić information content (AvgIpc) is 2.67. The number of amides is 2. The molecule has 0 spiro atoms. The number of ether oxygens (including phenoxy) is 1. The van der Waals surface area contributed by atoms with Crippen LogP contribution in [0.4, 0.5) is 14.5 Å². The predicted molar refractivity (Wildman–Crippen MR) is 96.5 cm³/mol. The smallest absolute Gasteiger partial charge is 0.237 e. The van der Waals surface area contributed by atoms with Crippen LogP contribution in [0.25, 0.3) is 0 Å². The number of rotatable bonds is 4. The molecule has 2 amide bonds. The maximum Gasteiger partial charge on any atom is 0.237 e.